The van der Waals surface area contributed by atoms with Gasteiger partial charge in [0.05, 0.1) is 6.04 Å². The molecule has 1 aromatic heterocycles. The first-order valence-electron chi connectivity index (χ1n) is 10.6. The summed E-state index contributed by atoms with van der Waals surface area (Å²) in [6.07, 6.45) is -0.536. The predicted molar refractivity (Wildman–Crippen MR) is 120 cm³/mol. The Bertz CT molecular complexity index is 1150. The van der Waals surface area contributed by atoms with Gasteiger partial charge in [0.25, 0.3) is 5.92 Å². The van der Waals surface area contributed by atoms with Crippen LogP contribution in [0.1, 0.15) is 34.6 Å². The summed E-state index contributed by atoms with van der Waals surface area (Å²) in [4.78, 5) is 16.2. The third kappa shape index (κ3) is 7.29. The molecule has 0 aliphatic heterocycles. The number of rotatable bonds is 8. The van der Waals surface area contributed by atoms with Crippen LogP contribution in [0.2, 0.25) is 0 Å². The van der Waals surface area contributed by atoms with Crippen molar-refractivity contribution in [2.75, 3.05) is 13.2 Å². The van der Waals surface area contributed by atoms with Crippen LogP contribution in [0.5, 0.6) is 11.5 Å². The van der Waals surface area contributed by atoms with Crippen LogP contribution in [0.25, 0.3) is 22.6 Å². The Balaban J connectivity index is 1.65. The van der Waals surface area contributed by atoms with E-state index < -0.39 is 30.0 Å². The molecule has 184 valence electrons. The summed E-state index contributed by atoms with van der Waals surface area (Å²) in [5, 5.41) is 2.69. The topological polar surface area (TPSA) is 82.8 Å². The summed E-state index contributed by atoms with van der Waals surface area (Å²) in [6.45, 7) is 7.05. The largest absolute Gasteiger partial charge is 0.491 e. The lowest BCUT2D eigenvalue weighted by molar-refractivity contribution is -0.0239. The van der Waals surface area contributed by atoms with E-state index in [0.29, 0.717) is 29.3 Å². The molecule has 1 atom stereocenters. The van der Waals surface area contributed by atoms with Gasteiger partial charge in [0.2, 0.25) is 5.89 Å². The van der Waals surface area contributed by atoms with Crippen LogP contribution in [0.15, 0.2) is 40.8 Å². The first-order valence-corrected chi connectivity index (χ1v) is 10.6. The summed E-state index contributed by atoms with van der Waals surface area (Å²) in [7, 11) is 0. The van der Waals surface area contributed by atoms with Gasteiger partial charge in [0.15, 0.2) is 23.8 Å². The average Bonchev–Trinajstić information content (AvgIpc) is 3.12. The summed E-state index contributed by atoms with van der Waals surface area (Å²) in [6, 6.07) is 8.51. The van der Waals surface area contributed by atoms with Crippen LogP contribution in [0.3, 0.4) is 0 Å². The number of nitrogens with zero attached hydrogens (tertiary/aromatic N) is 1. The van der Waals surface area contributed by atoms with E-state index in [2.05, 4.69) is 10.3 Å². The van der Waals surface area contributed by atoms with Gasteiger partial charge >= 0.3 is 6.09 Å². The van der Waals surface area contributed by atoms with Crippen molar-refractivity contribution in [1.82, 2.24) is 10.3 Å². The van der Waals surface area contributed by atoms with Gasteiger partial charge in [0, 0.05) is 18.6 Å². The number of carbonyl (C=O) groups is 1. The number of aromatic nitrogens is 1. The van der Waals surface area contributed by atoms with Gasteiger partial charge in [-0.3, -0.25) is 0 Å². The number of oxazole rings is 1. The van der Waals surface area contributed by atoms with Crippen LogP contribution in [-0.2, 0) is 4.74 Å². The number of ether oxygens (including phenoxy) is 3. The number of carbonyl (C=O) groups excluding carboxylic acids is 1. The Labute approximate surface area is 195 Å². The molecular formula is C24H27F3N2O5. The molecule has 1 heterocycles. The molecule has 3 rings (SSSR count). The van der Waals surface area contributed by atoms with Gasteiger partial charge in [-0.05, 0) is 58.0 Å². The van der Waals surface area contributed by atoms with E-state index >= 15 is 0 Å². The Morgan fingerprint density at radius 1 is 1.12 bits per heavy atom. The van der Waals surface area contributed by atoms with Crippen molar-refractivity contribution in [2.24, 2.45) is 0 Å². The number of hydrogen-bond donors (Lipinski definition) is 1. The minimum atomic E-state index is -3.07. The lowest BCUT2D eigenvalue weighted by Gasteiger charge is -2.22. The second-order valence-corrected chi connectivity index (χ2v) is 9.01. The smallest absolute Gasteiger partial charge is 0.407 e. The van der Waals surface area contributed by atoms with Crippen molar-refractivity contribution in [1.29, 1.82) is 0 Å². The number of alkyl halides is 2. The molecule has 0 aliphatic carbocycles. The molecule has 0 saturated heterocycles. The van der Waals surface area contributed by atoms with E-state index in [0.717, 1.165) is 6.07 Å². The third-order valence-electron chi connectivity index (χ3n) is 4.28. The number of fused-ring (bicyclic) bond motifs is 1. The van der Waals surface area contributed by atoms with Gasteiger partial charge < -0.3 is 23.9 Å². The van der Waals surface area contributed by atoms with Crippen molar-refractivity contribution >= 4 is 17.2 Å². The highest BCUT2D eigenvalue weighted by atomic mass is 19.3. The van der Waals surface area contributed by atoms with Crippen molar-refractivity contribution in [3.8, 4) is 23.0 Å². The molecule has 34 heavy (non-hydrogen) atoms. The first-order chi connectivity index (χ1) is 15.8. The SMILES string of the molecule is C[C@@H](COc1ccc2nc(-c3ccc(OCC(C)(F)F)c(F)c3)oc2c1)NC(=O)OC(C)(C)C. The molecule has 0 bridgehead atoms. The number of halogens is 3. The maximum atomic E-state index is 14.3. The molecule has 0 fully saturated rings. The summed E-state index contributed by atoms with van der Waals surface area (Å²) in [5.74, 6) is -3.53. The fraction of sp³-hybridized carbons (Fsp3) is 0.417. The average molecular weight is 480 g/mol. The Morgan fingerprint density at radius 3 is 2.50 bits per heavy atom. The number of amides is 1. The molecule has 1 amide bonds. The van der Waals surface area contributed by atoms with Gasteiger partial charge in [-0.2, -0.15) is 0 Å². The van der Waals surface area contributed by atoms with Crippen LogP contribution < -0.4 is 14.8 Å². The maximum absolute atomic E-state index is 14.3. The molecule has 2 aromatic carbocycles. The van der Waals surface area contributed by atoms with E-state index in [9.17, 15) is 18.0 Å². The highest BCUT2D eigenvalue weighted by Crippen LogP contribution is 2.30. The molecule has 7 nitrogen and oxygen atoms in total. The molecule has 0 radical (unpaired) electrons. The maximum Gasteiger partial charge on any atom is 0.407 e. The quantitative estimate of drug-likeness (QED) is 0.428. The zero-order valence-electron chi connectivity index (χ0n) is 19.6. The second kappa shape index (κ2) is 9.82. The predicted octanol–water partition coefficient (Wildman–Crippen LogP) is 5.96. The van der Waals surface area contributed by atoms with Crippen LogP contribution in [0.4, 0.5) is 18.0 Å². The standard InChI is InChI=1S/C24H27F3N2O5/c1-14(28-22(30)34-23(2,3)4)12-31-16-7-8-18-20(11-16)33-21(29-18)15-6-9-19(17(25)10-15)32-13-24(5,26)27/h6-11,14H,12-13H2,1-5H3,(H,28,30)/t14-/m0/s1. The minimum Gasteiger partial charge on any atom is -0.491 e. The molecule has 0 unspecified atom stereocenters. The van der Waals surface area contributed by atoms with Gasteiger partial charge in [-0.1, -0.05) is 0 Å². The lowest BCUT2D eigenvalue weighted by atomic mass is 10.2. The van der Waals surface area contributed by atoms with Crippen LogP contribution >= 0.6 is 0 Å². The summed E-state index contributed by atoms with van der Waals surface area (Å²) >= 11 is 0. The van der Waals surface area contributed by atoms with Crippen molar-refractivity contribution < 1.29 is 36.6 Å². The Morgan fingerprint density at radius 2 is 1.85 bits per heavy atom. The summed E-state index contributed by atoms with van der Waals surface area (Å²) in [5.41, 5.74) is 0.655. The molecule has 0 aliphatic rings. The molecular weight excluding hydrogens is 453 g/mol. The first kappa shape index (κ1) is 25.2. The van der Waals surface area contributed by atoms with Crippen LogP contribution in [0, 0.1) is 5.82 Å². The van der Waals surface area contributed by atoms with E-state index in [-0.39, 0.29) is 24.3 Å². The van der Waals surface area contributed by atoms with Gasteiger partial charge in [-0.15, -0.1) is 0 Å². The number of nitrogens with one attached hydrogen (secondary N) is 1. The lowest BCUT2D eigenvalue weighted by Crippen LogP contribution is -2.40. The normalized spacial score (nSPS) is 12.9. The molecule has 10 heteroatoms. The fourth-order valence-electron chi connectivity index (χ4n) is 2.85. The van der Waals surface area contributed by atoms with E-state index in [1.807, 2.05) is 0 Å². The third-order valence-corrected chi connectivity index (χ3v) is 4.28. The molecule has 0 spiro atoms. The molecule has 0 saturated carbocycles. The van der Waals surface area contributed by atoms with Crippen molar-refractivity contribution in [3.05, 3.63) is 42.2 Å². The monoisotopic (exact) mass is 480 g/mol. The molecule has 3 aromatic rings. The second-order valence-electron chi connectivity index (χ2n) is 9.01. The zero-order chi connectivity index (χ0) is 25.1. The van der Waals surface area contributed by atoms with Gasteiger partial charge in [0.1, 0.15) is 23.5 Å². The highest BCUT2D eigenvalue weighted by molar-refractivity contribution is 5.77. The van der Waals surface area contributed by atoms with Gasteiger partial charge in [-0.25, -0.2) is 22.9 Å². The zero-order valence-corrected chi connectivity index (χ0v) is 19.6. The van der Waals surface area contributed by atoms with Crippen molar-refractivity contribution in [3.63, 3.8) is 0 Å². The fourth-order valence-corrected chi connectivity index (χ4v) is 2.85. The Hall–Kier alpha value is -3.43. The minimum absolute atomic E-state index is 0.151. The van der Waals surface area contributed by atoms with E-state index in [1.165, 1.54) is 12.1 Å². The number of hydrogen-bond acceptors (Lipinski definition) is 6. The van der Waals surface area contributed by atoms with Crippen LogP contribution in [-0.4, -0.2) is 41.9 Å². The number of alkyl carbamates (subject to hydrolysis) is 1. The van der Waals surface area contributed by atoms with Crippen molar-refractivity contribution in [2.45, 2.75) is 52.2 Å². The number of benzene rings is 2. The summed E-state index contributed by atoms with van der Waals surface area (Å²) < 4.78 is 61.7. The van der Waals surface area contributed by atoms with E-state index in [1.54, 1.807) is 45.9 Å². The van der Waals surface area contributed by atoms with E-state index in [4.69, 9.17) is 18.6 Å². The highest BCUT2D eigenvalue weighted by Gasteiger charge is 2.23. The molecule has 1 N–H and O–H groups in total. The Kier molecular flexibility index (Phi) is 7.28.